The minimum absolute atomic E-state index is 0.0838. The molecular weight excluding hydrogens is 366 g/mol. The van der Waals surface area contributed by atoms with Crippen LogP contribution in [-0.4, -0.2) is 30.0 Å². The molecule has 2 N–H and O–H groups in total. The Bertz CT molecular complexity index is 917. The van der Waals surface area contributed by atoms with Gasteiger partial charge in [-0.25, -0.2) is 8.78 Å². The summed E-state index contributed by atoms with van der Waals surface area (Å²) in [6, 6.07) is 8.77. The minimum Gasteiger partial charge on any atom is -0.387 e. The molecule has 2 aromatic carbocycles. The van der Waals surface area contributed by atoms with Gasteiger partial charge in [0.2, 0.25) is 11.8 Å². The second kappa shape index (κ2) is 8.06. The zero-order chi connectivity index (χ0) is 20.4. The molecule has 1 saturated heterocycles. The molecule has 3 rings (SSSR count). The summed E-state index contributed by atoms with van der Waals surface area (Å²) in [7, 11) is 0. The highest BCUT2D eigenvalue weighted by Crippen LogP contribution is 2.29. The molecule has 1 aliphatic heterocycles. The van der Waals surface area contributed by atoms with Crippen LogP contribution < -0.4 is 10.2 Å². The van der Waals surface area contributed by atoms with Crippen molar-refractivity contribution in [2.24, 2.45) is 5.92 Å². The number of nitrogens with one attached hydrogen (secondary N) is 1. The number of anilines is 1. The zero-order valence-corrected chi connectivity index (χ0v) is 15.7. The average molecular weight is 388 g/mol. The Morgan fingerprint density at radius 3 is 2.71 bits per heavy atom. The molecule has 0 bridgehead atoms. The second-order valence-electron chi connectivity index (χ2n) is 7.06. The van der Waals surface area contributed by atoms with Gasteiger partial charge in [0.25, 0.3) is 0 Å². The van der Waals surface area contributed by atoms with E-state index in [1.165, 1.54) is 6.07 Å². The highest BCUT2D eigenvalue weighted by molar-refractivity contribution is 6.00. The Hall–Kier alpha value is -2.80. The standard InChI is InChI=1S/C21H22F2N2O3/c1-12-4-3-5-18(13(12)2)25-11-15(9-20(25)27)21(28)24-10-19(26)14-6-7-16(22)17(23)8-14/h3-8,15,19,26H,9-11H2,1-2H3,(H,24,28)/t15-,19+/m1/s1. The maximum Gasteiger partial charge on any atom is 0.227 e. The number of halogens is 2. The fourth-order valence-corrected chi connectivity index (χ4v) is 3.32. The van der Waals surface area contributed by atoms with Crippen molar-refractivity contribution in [1.82, 2.24) is 5.32 Å². The van der Waals surface area contributed by atoms with Crippen LogP contribution in [0.25, 0.3) is 0 Å². The smallest absolute Gasteiger partial charge is 0.227 e. The summed E-state index contributed by atoms with van der Waals surface area (Å²) in [5, 5.41) is 12.7. The van der Waals surface area contributed by atoms with Gasteiger partial charge < -0.3 is 15.3 Å². The number of hydrogen-bond acceptors (Lipinski definition) is 3. The first kappa shape index (κ1) is 19.9. The molecule has 0 radical (unpaired) electrons. The normalized spacial score (nSPS) is 17.7. The maximum atomic E-state index is 13.3. The molecular formula is C21H22F2N2O3. The second-order valence-corrected chi connectivity index (χ2v) is 7.06. The van der Waals surface area contributed by atoms with Gasteiger partial charge in [0.1, 0.15) is 0 Å². The van der Waals surface area contributed by atoms with Crippen molar-refractivity contribution in [3.63, 3.8) is 0 Å². The molecule has 1 fully saturated rings. The molecule has 0 spiro atoms. The molecule has 1 heterocycles. The largest absolute Gasteiger partial charge is 0.387 e. The number of aryl methyl sites for hydroxylation is 1. The fourth-order valence-electron chi connectivity index (χ4n) is 3.32. The molecule has 0 aromatic heterocycles. The first-order valence-electron chi connectivity index (χ1n) is 9.05. The summed E-state index contributed by atoms with van der Waals surface area (Å²) >= 11 is 0. The average Bonchev–Trinajstić information content (AvgIpc) is 3.05. The molecule has 5 nitrogen and oxygen atoms in total. The van der Waals surface area contributed by atoms with Crippen LogP contribution in [-0.2, 0) is 9.59 Å². The molecule has 2 aromatic rings. The number of hydrogen-bond donors (Lipinski definition) is 2. The van der Waals surface area contributed by atoms with Crippen molar-refractivity contribution in [3.05, 3.63) is 64.7 Å². The summed E-state index contributed by atoms with van der Waals surface area (Å²) in [5.74, 6) is -3.09. The highest BCUT2D eigenvalue weighted by Gasteiger charge is 2.35. The Labute approximate surface area is 162 Å². The molecule has 7 heteroatoms. The van der Waals surface area contributed by atoms with Crippen molar-refractivity contribution in [1.29, 1.82) is 0 Å². The van der Waals surface area contributed by atoms with E-state index in [1.807, 2.05) is 32.0 Å². The molecule has 148 valence electrons. The molecule has 1 aliphatic rings. The number of benzene rings is 2. The number of aliphatic hydroxyl groups excluding tert-OH is 1. The first-order valence-corrected chi connectivity index (χ1v) is 9.05. The highest BCUT2D eigenvalue weighted by atomic mass is 19.2. The van der Waals surface area contributed by atoms with E-state index in [0.29, 0.717) is 0 Å². The summed E-state index contributed by atoms with van der Waals surface area (Å²) in [6.45, 7) is 4.00. The number of nitrogens with zero attached hydrogens (tertiary/aromatic N) is 1. The van der Waals surface area contributed by atoms with E-state index in [-0.39, 0.29) is 36.9 Å². The third-order valence-electron chi connectivity index (χ3n) is 5.16. The molecule has 0 aliphatic carbocycles. The number of carbonyl (C=O) groups is 2. The van der Waals surface area contributed by atoms with Gasteiger partial charge in [-0.3, -0.25) is 9.59 Å². The van der Waals surface area contributed by atoms with Crippen molar-refractivity contribution in [2.45, 2.75) is 26.4 Å². The van der Waals surface area contributed by atoms with Crippen LogP contribution in [0.3, 0.4) is 0 Å². The lowest BCUT2D eigenvalue weighted by Gasteiger charge is -2.20. The van der Waals surface area contributed by atoms with Crippen molar-refractivity contribution < 1.29 is 23.5 Å². The van der Waals surface area contributed by atoms with Crippen molar-refractivity contribution in [3.8, 4) is 0 Å². The third-order valence-corrected chi connectivity index (χ3v) is 5.16. The van der Waals surface area contributed by atoms with Crippen LogP contribution in [0.2, 0.25) is 0 Å². The lowest BCUT2D eigenvalue weighted by atomic mass is 10.1. The molecule has 2 atom stereocenters. The Balaban J connectivity index is 1.61. The van der Waals surface area contributed by atoms with E-state index >= 15 is 0 Å². The van der Waals surface area contributed by atoms with Gasteiger partial charge in [-0.15, -0.1) is 0 Å². The number of carbonyl (C=O) groups excluding carboxylic acids is 2. The van der Waals surface area contributed by atoms with Gasteiger partial charge in [0, 0.05) is 25.2 Å². The van der Waals surface area contributed by atoms with Crippen LogP contribution in [0.5, 0.6) is 0 Å². The van der Waals surface area contributed by atoms with Crippen molar-refractivity contribution >= 4 is 17.5 Å². The van der Waals surface area contributed by atoms with Crippen LogP contribution in [0.4, 0.5) is 14.5 Å². The predicted octanol–water partition coefficient (Wildman–Crippen LogP) is 2.78. The molecule has 28 heavy (non-hydrogen) atoms. The Kier molecular flexibility index (Phi) is 5.74. The monoisotopic (exact) mass is 388 g/mol. The fraction of sp³-hybridized carbons (Fsp3) is 0.333. The van der Waals surface area contributed by atoms with Crippen molar-refractivity contribution in [2.75, 3.05) is 18.0 Å². The van der Waals surface area contributed by atoms with E-state index in [9.17, 15) is 23.5 Å². The molecule has 0 saturated carbocycles. The van der Waals surface area contributed by atoms with Crippen LogP contribution >= 0.6 is 0 Å². The number of amides is 2. The van der Waals surface area contributed by atoms with E-state index in [1.54, 1.807) is 4.90 Å². The first-order chi connectivity index (χ1) is 13.3. The third kappa shape index (κ3) is 4.04. The van der Waals surface area contributed by atoms with E-state index in [2.05, 4.69) is 5.32 Å². The molecule has 2 amide bonds. The lowest BCUT2D eigenvalue weighted by Crippen LogP contribution is -2.35. The minimum atomic E-state index is -1.17. The van der Waals surface area contributed by atoms with Gasteiger partial charge >= 0.3 is 0 Å². The van der Waals surface area contributed by atoms with Crippen LogP contribution in [0.1, 0.15) is 29.2 Å². The number of rotatable bonds is 5. The van der Waals surface area contributed by atoms with E-state index < -0.39 is 23.7 Å². The van der Waals surface area contributed by atoms with Gasteiger partial charge in [0.15, 0.2) is 11.6 Å². The van der Waals surface area contributed by atoms with Gasteiger partial charge in [-0.1, -0.05) is 18.2 Å². The maximum absolute atomic E-state index is 13.3. The lowest BCUT2D eigenvalue weighted by molar-refractivity contribution is -0.126. The predicted molar refractivity (Wildman–Crippen MR) is 101 cm³/mol. The SMILES string of the molecule is Cc1cccc(N2C[C@H](C(=O)NC[C@H](O)c3ccc(F)c(F)c3)CC2=O)c1C. The van der Waals surface area contributed by atoms with E-state index in [4.69, 9.17) is 0 Å². The van der Waals surface area contributed by atoms with Crippen LogP contribution in [0.15, 0.2) is 36.4 Å². The van der Waals surface area contributed by atoms with Gasteiger partial charge in [-0.2, -0.15) is 0 Å². The quantitative estimate of drug-likeness (QED) is 0.828. The number of aliphatic hydroxyl groups is 1. The Morgan fingerprint density at radius 1 is 1.25 bits per heavy atom. The summed E-state index contributed by atoms with van der Waals surface area (Å²) < 4.78 is 26.3. The molecule has 0 unspecified atom stereocenters. The van der Waals surface area contributed by atoms with Gasteiger partial charge in [-0.05, 0) is 48.7 Å². The summed E-state index contributed by atoms with van der Waals surface area (Å²) in [5.41, 5.74) is 3.01. The Morgan fingerprint density at radius 2 is 2.00 bits per heavy atom. The van der Waals surface area contributed by atoms with Crippen LogP contribution in [0, 0.1) is 31.4 Å². The summed E-state index contributed by atoms with van der Waals surface area (Å²) in [4.78, 5) is 26.5. The van der Waals surface area contributed by atoms with Gasteiger partial charge in [0.05, 0.1) is 12.0 Å². The topological polar surface area (TPSA) is 69.6 Å². The summed E-state index contributed by atoms with van der Waals surface area (Å²) in [6.07, 6.45) is -1.09. The zero-order valence-electron chi connectivity index (χ0n) is 15.7. The van der Waals surface area contributed by atoms with E-state index in [0.717, 1.165) is 28.9 Å².